The molecule has 0 radical (unpaired) electrons. The number of hydrogen-bond acceptors (Lipinski definition) is 1. The smallest absolute Gasteiger partial charge is 0.0184 e. The summed E-state index contributed by atoms with van der Waals surface area (Å²) in [6.45, 7) is 4.96. The molecule has 126 valence electrons. The van der Waals surface area contributed by atoms with Gasteiger partial charge < -0.3 is 5.73 Å². The van der Waals surface area contributed by atoms with Crippen LogP contribution < -0.4 is 5.73 Å². The molecule has 0 saturated carbocycles. The van der Waals surface area contributed by atoms with Gasteiger partial charge in [-0.15, -0.1) is 0 Å². The van der Waals surface area contributed by atoms with Gasteiger partial charge in [-0.05, 0) is 80.8 Å². The monoisotopic (exact) mass is 335 g/mol. The summed E-state index contributed by atoms with van der Waals surface area (Å²) in [4.78, 5) is 0. The van der Waals surface area contributed by atoms with E-state index in [0.29, 0.717) is 6.54 Å². The Morgan fingerprint density at radius 3 is 2.15 bits per heavy atom. The normalized spacial score (nSPS) is 11.8. The van der Waals surface area contributed by atoms with Gasteiger partial charge >= 0.3 is 0 Å². The zero-order valence-electron chi connectivity index (χ0n) is 15.1. The van der Waals surface area contributed by atoms with Crippen LogP contribution in [0.25, 0.3) is 44.2 Å². The molecule has 1 aliphatic carbocycles. The Bertz CT molecular complexity index is 1160. The maximum Gasteiger partial charge on any atom is 0.0184 e. The van der Waals surface area contributed by atoms with Crippen LogP contribution in [0, 0.1) is 13.8 Å². The average Bonchev–Trinajstić information content (AvgIpc) is 2.97. The van der Waals surface area contributed by atoms with E-state index in [-0.39, 0.29) is 0 Å². The summed E-state index contributed by atoms with van der Waals surface area (Å²) in [5.41, 5.74) is 17.8. The summed E-state index contributed by atoms with van der Waals surface area (Å²) in [6.07, 6.45) is 0. The third kappa shape index (κ3) is 2.01. The fourth-order valence-electron chi connectivity index (χ4n) is 4.52. The van der Waals surface area contributed by atoms with Crippen LogP contribution in [0.5, 0.6) is 0 Å². The lowest BCUT2D eigenvalue weighted by Crippen LogP contribution is -1.97. The Balaban J connectivity index is 1.80. The van der Waals surface area contributed by atoms with Crippen molar-refractivity contribution in [3.63, 3.8) is 0 Å². The van der Waals surface area contributed by atoms with Gasteiger partial charge in [-0.2, -0.15) is 0 Å². The topological polar surface area (TPSA) is 26.0 Å². The Labute approximate surface area is 154 Å². The minimum atomic E-state index is 0.574. The molecule has 0 unspecified atom stereocenters. The number of nitrogens with two attached hydrogens (primary N) is 1. The standard InChI is InChI=1S/C25H21N/c1-15-5-3-6-16(2)24(15)17-9-11-20-22-12-10-18(14-26)19-7-4-8-21(25(19)22)23(20)13-17/h3-13H,14,26H2,1-2H3. The van der Waals surface area contributed by atoms with E-state index in [2.05, 4.69) is 80.6 Å². The van der Waals surface area contributed by atoms with E-state index >= 15 is 0 Å². The molecule has 1 nitrogen and oxygen atoms in total. The molecule has 0 spiro atoms. The van der Waals surface area contributed by atoms with Crippen LogP contribution in [0.4, 0.5) is 0 Å². The fourth-order valence-corrected chi connectivity index (χ4v) is 4.52. The number of fused-ring (bicyclic) bond motifs is 3. The lowest BCUT2D eigenvalue weighted by Gasteiger charge is -2.12. The number of rotatable bonds is 2. The van der Waals surface area contributed by atoms with E-state index in [1.165, 1.54) is 60.8 Å². The summed E-state index contributed by atoms with van der Waals surface area (Å²) in [5, 5.41) is 2.64. The van der Waals surface area contributed by atoms with E-state index in [1.807, 2.05) is 0 Å². The lowest BCUT2D eigenvalue weighted by atomic mass is 9.92. The van der Waals surface area contributed by atoms with Crippen LogP contribution in [0.1, 0.15) is 16.7 Å². The van der Waals surface area contributed by atoms with Crippen LogP contribution in [0.15, 0.2) is 66.7 Å². The van der Waals surface area contributed by atoms with Gasteiger partial charge in [0.05, 0.1) is 0 Å². The predicted molar refractivity (Wildman–Crippen MR) is 111 cm³/mol. The van der Waals surface area contributed by atoms with Crippen molar-refractivity contribution in [3.8, 4) is 33.4 Å². The minimum absolute atomic E-state index is 0.574. The SMILES string of the molecule is Cc1cccc(C)c1-c1ccc2c(c1)-c1cccc3c(CN)ccc-2c13. The Morgan fingerprint density at radius 1 is 0.692 bits per heavy atom. The number of hydrogen-bond donors (Lipinski definition) is 1. The number of aryl methyl sites for hydroxylation is 2. The number of benzene rings is 4. The molecule has 2 N–H and O–H groups in total. The molecule has 0 bridgehead atoms. The molecule has 4 aromatic rings. The third-order valence-electron chi connectivity index (χ3n) is 5.72. The van der Waals surface area contributed by atoms with Gasteiger partial charge in [0.2, 0.25) is 0 Å². The summed E-state index contributed by atoms with van der Waals surface area (Å²) in [6, 6.07) is 24.4. The Morgan fingerprint density at radius 2 is 1.38 bits per heavy atom. The van der Waals surface area contributed by atoms with Crippen LogP contribution in [0.2, 0.25) is 0 Å². The molecule has 0 heterocycles. The van der Waals surface area contributed by atoms with E-state index in [0.717, 1.165) is 0 Å². The van der Waals surface area contributed by atoms with Crippen molar-refractivity contribution < 1.29 is 0 Å². The fraction of sp³-hybridized carbons (Fsp3) is 0.120. The highest BCUT2D eigenvalue weighted by Gasteiger charge is 2.22. The summed E-state index contributed by atoms with van der Waals surface area (Å²) in [5.74, 6) is 0. The summed E-state index contributed by atoms with van der Waals surface area (Å²) >= 11 is 0. The van der Waals surface area contributed by atoms with Crippen molar-refractivity contribution in [1.82, 2.24) is 0 Å². The maximum atomic E-state index is 5.97. The molecule has 0 aromatic heterocycles. The third-order valence-corrected chi connectivity index (χ3v) is 5.72. The van der Waals surface area contributed by atoms with E-state index in [9.17, 15) is 0 Å². The van der Waals surface area contributed by atoms with E-state index in [1.54, 1.807) is 0 Å². The minimum Gasteiger partial charge on any atom is -0.326 e. The Kier molecular flexibility index (Phi) is 3.28. The molecular formula is C25H21N. The first-order valence-electron chi connectivity index (χ1n) is 9.15. The zero-order valence-corrected chi connectivity index (χ0v) is 15.1. The first kappa shape index (κ1) is 15.4. The van der Waals surface area contributed by atoms with Crippen molar-refractivity contribution >= 4 is 10.8 Å². The van der Waals surface area contributed by atoms with Gasteiger partial charge in [0, 0.05) is 6.54 Å². The summed E-state index contributed by atoms with van der Waals surface area (Å²) < 4.78 is 0. The molecule has 0 fully saturated rings. The molecule has 5 rings (SSSR count). The van der Waals surface area contributed by atoms with Crippen molar-refractivity contribution in [2.45, 2.75) is 20.4 Å². The van der Waals surface area contributed by atoms with Gasteiger partial charge in [-0.25, -0.2) is 0 Å². The highest BCUT2D eigenvalue weighted by molar-refractivity contribution is 6.16. The first-order chi connectivity index (χ1) is 12.7. The van der Waals surface area contributed by atoms with Gasteiger partial charge in [0.1, 0.15) is 0 Å². The van der Waals surface area contributed by atoms with E-state index < -0.39 is 0 Å². The molecule has 26 heavy (non-hydrogen) atoms. The van der Waals surface area contributed by atoms with Gasteiger partial charge in [0.25, 0.3) is 0 Å². The maximum absolute atomic E-state index is 5.97. The molecule has 0 saturated heterocycles. The zero-order chi connectivity index (χ0) is 17.8. The molecule has 4 aromatic carbocycles. The summed E-state index contributed by atoms with van der Waals surface area (Å²) in [7, 11) is 0. The highest BCUT2D eigenvalue weighted by atomic mass is 14.5. The second-order valence-electron chi connectivity index (χ2n) is 7.23. The molecular weight excluding hydrogens is 314 g/mol. The van der Waals surface area contributed by atoms with Crippen molar-refractivity contribution in [2.75, 3.05) is 0 Å². The van der Waals surface area contributed by atoms with Crippen LogP contribution in [0.3, 0.4) is 0 Å². The molecule has 0 amide bonds. The molecule has 0 aliphatic heterocycles. The lowest BCUT2D eigenvalue weighted by molar-refractivity contribution is 1.09. The van der Waals surface area contributed by atoms with Crippen LogP contribution in [-0.4, -0.2) is 0 Å². The van der Waals surface area contributed by atoms with E-state index in [4.69, 9.17) is 5.73 Å². The first-order valence-corrected chi connectivity index (χ1v) is 9.15. The average molecular weight is 335 g/mol. The highest BCUT2D eigenvalue weighted by Crippen LogP contribution is 2.49. The molecule has 0 atom stereocenters. The Hall–Kier alpha value is -2.90. The largest absolute Gasteiger partial charge is 0.326 e. The van der Waals surface area contributed by atoms with Gasteiger partial charge in [-0.3, -0.25) is 0 Å². The van der Waals surface area contributed by atoms with Crippen molar-refractivity contribution in [1.29, 1.82) is 0 Å². The molecule has 1 aliphatic rings. The second kappa shape index (κ2) is 5.55. The predicted octanol–water partition coefficient (Wildman–Crippen LogP) is 6.23. The second-order valence-corrected chi connectivity index (χ2v) is 7.23. The van der Waals surface area contributed by atoms with Crippen LogP contribution in [-0.2, 0) is 6.54 Å². The molecule has 1 heteroatoms. The van der Waals surface area contributed by atoms with Crippen molar-refractivity contribution in [2.24, 2.45) is 5.73 Å². The van der Waals surface area contributed by atoms with Crippen molar-refractivity contribution in [3.05, 3.63) is 83.4 Å². The van der Waals surface area contributed by atoms with Crippen LogP contribution >= 0.6 is 0 Å². The van der Waals surface area contributed by atoms with Gasteiger partial charge in [0.15, 0.2) is 0 Å². The van der Waals surface area contributed by atoms with Gasteiger partial charge in [-0.1, -0.05) is 60.7 Å². The quantitative estimate of drug-likeness (QED) is 0.406.